The summed E-state index contributed by atoms with van der Waals surface area (Å²) < 4.78 is 0. The van der Waals surface area contributed by atoms with Crippen LogP contribution in [0.15, 0.2) is 36.5 Å². The predicted octanol–water partition coefficient (Wildman–Crippen LogP) is 9.90. The molecule has 0 radical (unpaired) electrons. The van der Waals surface area contributed by atoms with E-state index in [0.717, 1.165) is 38.5 Å². The fourth-order valence-electron chi connectivity index (χ4n) is 4.91. The zero-order chi connectivity index (χ0) is 29.4. The van der Waals surface area contributed by atoms with Crippen LogP contribution in [0, 0.1) is 0 Å². The molecule has 0 aliphatic rings. The van der Waals surface area contributed by atoms with E-state index in [-0.39, 0.29) is 12.5 Å². The second-order valence-electron chi connectivity index (χ2n) is 11.6. The monoisotopic (exact) mass is 562 g/mol. The van der Waals surface area contributed by atoms with Gasteiger partial charge in [-0.2, -0.15) is 0 Å². The average molecular weight is 562 g/mol. The fraction of sp³-hybridized carbons (Fsp3) is 0.806. The van der Waals surface area contributed by atoms with Gasteiger partial charge < -0.3 is 15.5 Å². The predicted molar refractivity (Wildman–Crippen MR) is 175 cm³/mol. The van der Waals surface area contributed by atoms with E-state index < -0.39 is 12.1 Å². The number of hydrogen-bond donors (Lipinski definition) is 3. The van der Waals surface area contributed by atoms with Crippen LogP contribution in [0.2, 0.25) is 0 Å². The third-order valence-corrected chi connectivity index (χ3v) is 7.60. The number of carbonyl (C=O) groups excluding carboxylic acids is 1. The van der Waals surface area contributed by atoms with Gasteiger partial charge in [0.1, 0.15) is 0 Å². The van der Waals surface area contributed by atoms with Crippen LogP contribution in [0.4, 0.5) is 0 Å². The molecule has 0 fully saturated rings. The van der Waals surface area contributed by atoms with E-state index in [9.17, 15) is 15.0 Å². The first-order valence-electron chi connectivity index (χ1n) is 17.2. The zero-order valence-electron chi connectivity index (χ0n) is 26.6. The van der Waals surface area contributed by atoms with Crippen LogP contribution in [0.3, 0.4) is 0 Å². The van der Waals surface area contributed by atoms with Gasteiger partial charge in [-0.1, -0.05) is 153 Å². The van der Waals surface area contributed by atoms with Crippen LogP contribution in [0.1, 0.15) is 168 Å². The molecule has 1 amide bonds. The highest BCUT2D eigenvalue weighted by molar-refractivity contribution is 5.76. The van der Waals surface area contributed by atoms with E-state index in [1.165, 1.54) is 109 Å². The molecule has 0 heterocycles. The third-order valence-electron chi connectivity index (χ3n) is 7.60. The molecular formula is C36H67NO3. The molecular weight excluding hydrogens is 494 g/mol. The number of rotatable bonds is 30. The van der Waals surface area contributed by atoms with Crippen LogP contribution in [-0.4, -0.2) is 34.9 Å². The lowest BCUT2D eigenvalue weighted by Crippen LogP contribution is -2.45. The zero-order valence-corrected chi connectivity index (χ0v) is 26.6. The van der Waals surface area contributed by atoms with E-state index in [1.807, 2.05) is 6.08 Å². The van der Waals surface area contributed by atoms with Crippen LogP contribution in [0.5, 0.6) is 0 Å². The number of unbranched alkanes of at least 4 members (excludes halogenated alkanes) is 19. The maximum Gasteiger partial charge on any atom is 0.220 e. The maximum absolute atomic E-state index is 12.3. The number of allylic oxidation sites excluding steroid dienone is 5. The van der Waals surface area contributed by atoms with Gasteiger partial charge in [-0.3, -0.25) is 4.79 Å². The van der Waals surface area contributed by atoms with Gasteiger partial charge >= 0.3 is 0 Å². The lowest BCUT2D eigenvalue weighted by atomic mass is 10.0. The number of hydrogen-bond acceptors (Lipinski definition) is 3. The Morgan fingerprint density at radius 3 is 1.45 bits per heavy atom. The summed E-state index contributed by atoms with van der Waals surface area (Å²) in [6, 6.07) is -0.639. The Kier molecular flexibility index (Phi) is 31.0. The molecule has 2 unspecified atom stereocenters. The molecule has 0 saturated carbocycles. The van der Waals surface area contributed by atoms with Crippen molar-refractivity contribution in [2.75, 3.05) is 6.61 Å². The van der Waals surface area contributed by atoms with Gasteiger partial charge in [0.05, 0.1) is 18.8 Å². The van der Waals surface area contributed by atoms with E-state index in [0.29, 0.717) is 6.42 Å². The van der Waals surface area contributed by atoms with Crippen molar-refractivity contribution in [2.45, 2.75) is 180 Å². The van der Waals surface area contributed by atoms with Crippen LogP contribution in [0.25, 0.3) is 0 Å². The SMILES string of the molecule is CCCCCC/C=C/CC/C=C/CC/C=C/C(O)C(CO)NC(=O)CCCCCCCCCCCCCCCC. The van der Waals surface area contributed by atoms with Crippen molar-refractivity contribution in [1.29, 1.82) is 0 Å². The Hall–Kier alpha value is -1.39. The molecule has 4 nitrogen and oxygen atoms in total. The molecule has 0 rings (SSSR count). The summed E-state index contributed by atoms with van der Waals surface area (Å²) >= 11 is 0. The summed E-state index contributed by atoms with van der Waals surface area (Å²) in [5.74, 6) is -0.0802. The van der Waals surface area contributed by atoms with Crippen molar-refractivity contribution in [3.8, 4) is 0 Å². The van der Waals surface area contributed by atoms with E-state index in [4.69, 9.17) is 0 Å². The summed E-state index contributed by atoms with van der Waals surface area (Å²) in [5, 5.41) is 22.8. The molecule has 0 bridgehead atoms. The molecule has 4 heteroatoms. The van der Waals surface area contributed by atoms with Gasteiger partial charge in [-0.05, 0) is 44.9 Å². The highest BCUT2D eigenvalue weighted by atomic mass is 16.3. The molecule has 0 spiro atoms. The van der Waals surface area contributed by atoms with Crippen LogP contribution < -0.4 is 5.32 Å². The number of nitrogens with one attached hydrogen (secondary N) is 1. The molecule has 0 aliphatic heterocycles. The van der Waals surface area contributed by atoms with E-state index in [2.05, 4.69) is 43.5 Å². The van der Waals surface area contributed by atoms with E-state index in [1.54, 1.807) is 6.08 Å². The molecule has 2 atom stereocenters. The Bertz CT molecular complexity index is 613. The number of carbonyl (C=O) groups is 1. The summed E-state index contributed by atoms with van der Waals surface area (Å²) in [6.07, 6.45) is 40.7. The molecule has 0 aromatic carbocycles. The van der Waals surface area contributed by atoms with Crippen LogP contribution >= 0.6 is 0 Å². The van der Waals surface area contributed by atoms with Gasteiger partial charge in [-0.15, -0.1) is 0 Å². The first-order chi connectivity index (χ1) is 19.7. The van der Waals surface area contributed by atoms with Crippen LogP contribution in [-0.2, 0) is 4.79 Å². The van der Waals surface area contributed by atoms with Gasteiger partial charge in [0.2, 0.25) is 5.91 Å². The molecule has 3 N–H and O–H groups in total. The summed E-state index contributed by atoms with van der Waals surface area (Å²) in [4.78, 5) is 12.3. The highest BCUT2D eigenvalue weighted by Gasteiger charge is 2.17. The average Bonchev–Trinajstić information content (AvgIpc) is 2.96. The number of aliphatic hydroxyl groups is 2. The summed E-state index contributed by atoms with van der Waals surface area (Å²) in [5.41, 5.74) is 0. The first kappa shape index (κ1) is 38.6. The first-order valence-corrected chi connectivity index (χ1v) is 17.2. The van der Waals surface area contributed by atoms with Crippen molar-refractivity contribution in [3.63, 3.8) is 0 Å². The lowest BCUT2D eigenvalue weighted by molar-refractivity contribution is -0.123. The van der Waals surface area contributed by atoms with Crippen molar-refractivity contribution in [1.82, 2.24) is 5.32 Å². The normalized spacial score (nSPS) is 13.6. The minimum Gasteiger partial charge on any atom is -0.394 e. The Balaban J connectivity index is 3.72. The molecule has 40 heavy (non-hydrogen) atoms. The summed E-state index contributed by atoms with van der Waals surface area (Å²) in [7, 11) is 0. The molecule has 0 aromatic rings. The van der Waals surface area contributed by atoms with Crippen molar-refractivity contribution in [2.24, 2.45) is 0 Å². The largest absolute Gasteiger partial charge is 0.394 e. The number of aliphatic hydroxyl groups excluding tert-OH is 2. The van der Waals surface area contributed by atoms with E-state index >= 15 is 0 Å². The Morgan fingerprint density at radius 2 is 0.975 bits per heavy atom. The third kappa shape index (κ3) is 28.1. The topological polar surface area (TPSA) is 69.6 Å². The Labute approximate surface area is 249 Å². The second kappa shape index (κ2) is 32.1. The van der Waals surface area contributed by atoms with Crippen molar-refractivity contribution >= 4 is 5.91 Å². The van der Waals surface area contributed by atoms with Gasteiger partial charge in [0, 0.05) is 6.42 Å². The highest BCUT2D eigenvalue weighted by Crippen LogP contribution is 2.13. The lowest BCUT2D eigenvalue weighted by Gasteiger charge is -2.19. The standard InChI is InChI=1S/C36H67NO3/c1-3-5-7-9-11-13-15-17-19-21-23-25-27-29-31-35(39)34(33-38)37-36(40)32-30-28-26-24-22-20-18-16-14-12-10-8-6-4-2/h13,15,21,23,29,31,34-35,38-39H,3-12,14,16-20,22,24-28,30,32-33H2,1-2H3,(H,37,40)/b15-13+,23-21+,31-29+. The molecule has 0 aliphatic carbocycles. The number of amides is 1. The molecule has 234 valence electrons. The minimum absolute atomic E-state index is 0.0802. The molecule has 0 saturated heterocycles. The Morgan fingerprint density at radius 1 is 0.575 bits per heavy atom. The summed E-state index contributed by atoms with van der Waals surface area (Å²) in [6.45, 7) is 4.25. The quantitative estimate of drug-likeness (QED) is 0.0603. The second-order valence-corrected chi connectivity index (χ2v) is 11.6. The maximum atomic E-state index is 12.3. The van der Waals surface area contributed by atoms with Crippen molar-refractivity contribution in [3.05, 3.63) is 36.5 Å². The van der Waals surface area contributed by atoms with Gasteiger partial charge in [0.25, 0.3) is 0 Å². The smallest absolute Gasteiger partial charge is 0.220 e. The van der Waals surface area contributed by atoms with Gasteiger partial charge in [-0.25, -0.2) is 0 Å². The van der Waals surface area contributed by atoms with Crippen molar-refractivity contribution < 1.29 is 15.0 Å². The van der Waals surface area contributed by atoms with Gasteiger partial charge in [0.15, 0.2) is 0 Å². The fourth-order valence-corrected chi connectivity index (χ4v) is 4.91. The minimum atomic E-state index is -0.864. The molecule has 0 aromatic heterocycles.